The minimum Gasteiger partial charge on any atom is -0.398 e. The van der Waals surface area contributed by atoms with Crippen LogP contribution in [0.4, 0.5) is 10.1 Å². The molecule has 2 N–H and O–H groups in total. The largest absolute Gasteiger partial charge is 0.398 e. The Bertz CT molecular complexity index is 640. The van der Waals surface area contributed by atoms with Crippen molar-refractivity contribution in [2.24, 2.45) is 0 Å². The van der Waals surface area contributed by atoms with E-state index in [-0.39, 0.29) is 5.82 Å². The minimum absolute atomic E-state index is 0.300. The number of hydrogen-bond donors (Lipinski definition) is 1. The maximum atomic E-state index is 12.9. The molecule has 19 heavy (non-hydrogen) atoms. The van der Waals surface area contributed by atoms with Gasteiger partial charge in [0.2, 0.25) is 0 Å². The number of halogens is 1. The quantitative estimate of drug-likeness (QED) is 0.874. The molecule has 0 aromatic heterocycles. The first-order chi connectivity index (χ1) is 8.97. The monoisotopic (exact) mass is 277 g/mol. The fourth-order valence-corrected chi connectivity index (χ4v) is 3.02. The van der Waals surface area contributed by atoms with Crippen LogP contribution in [0.1, 0.15) is 16.7 Å². The number of anilines is 1. The van der Waals surface area contributed by atoms with Crippen molar-refractivity contribution in [3.8, 4) is 0 Å². The molecule has 0 bridgehead atoms. The number of aryl methyl sites for hydroxylation is 2. The molecule has 0 heterocycles. The van der Waals surface area contributed by atoms with E-state index >= 15 is 0 Å². The van der Waals surface area contributed by atoms with E-state index in [2.05, 4.69) is 0 Å². The SMILES string of the molecule is Cc1ccc(S(=O)Cc2ccc(F)cc2N)cc1C. The van der Waals surface area contributed by atoms with Gasteiger partial charge >= 0.3 is 0 Å². The van der Waals surface area contributed by atoms with E-state index in [1.54, 1.807) is 6.07 Å². The van der Waals surface area contributed by atoms with Crippen molar-refractivity contribution < 1.29 is 8.60 Å². The standard InChI is InChI=1S/C15H16FNOS/c1-10-3-6-14(7-11(10)2)19(18)9-12-4-5-13(16)8-15(12)17/h3-8H,9,17H2,1-2H3. The topological polar surface area (TPSA) is 43.1 Å². The van der Waals surface area contributed by atoms with Gasteiger partial charge in [0.15, 0.2) is 0 Å². The van der Waals surface area contributed by atoms with Gasteiger partial charge < -0.3 is 5.73 Å². The minimum atomic E-state index is -1.17. The zero-order chi connectivity index (χ0) is 14.0. The van der Waals surface area contributed by atoms with E-state index in [0.717, 1.165) is 10.5 Å². The van der Waals surface area contributed by atoms with E-state index in [9.17, 15) is 8.60 Å². The zero-order valence-corrected chi connectivity index (χ0v) is 11.8. The van der Waals surface area contributed by atoms with Gasteiger partial charge in [-0.15, -0.1) is 0 Å². The maximum Gasteiger partial charge on any atom is 0.125 e. The van der Waals surface area contributed by atoms with Gasteiger partial charge in [0, 0.05) is 10.6 Å². The van der Waals surface area contributed by atoms with Crippen LogP contribution < -0.4 is 5.73 Å². The van der Waals surface area contributed by atoms with E-state index in [0.29, 0.717) is 17.0 Å². The summed E-state index contributed by atoms with van der Waals surface area (Å²) in [5.41, 5.74) is 9.06. The molecule has 2 aromatic rings. The number of rotatable bonds is 3. The lowest BCUT2D eigenvalue weighted by atomic mass is 10.1. The normalized spacial score (nSPS) is 12.4. The second-order valence-electron chi connectivity index (χ2n) is 4.58. The first-order valence-electron chi connectivity index (χ1n) is 5.97. The summed E-state index contributed by atoms with van der Waals surface area (Å²) in [5, 5.41) is 0. The van der Waals surface area contributed by atoms with Crippen LogP contribution in [0.3, 0.4) is 0 Å². The molecule has 1 atom stereocenters. The molecular weight excluding hydrogens is 261 g/mol. The molecule has 0 amide bonds. The van der Waals surface area contributed by atoms with E-state index in [4.69, 9.17) is 5.73 Å². The van der Waals surface area contributed by atoms with Crippen LogP contribution in [0, 0.1) is 19.7 Å². The third-order valence-corrected chi connectivity index (χ3v) is 4.49. The summed E-state index contributed by atoms with van der Waals surface area (Å²) in [4.78, 5) is 0.770. The predicted molar refractivity (Wildman–Crippen MR) is 76.8 cm³/mol. The van der Waals surface area contributed by atoms with Gasteiger partial charge in [-0.3, -0.25) is 4.21 Å². The van der Waals surface area contributed by atoms with Gasteiger partial charge in [0.25, 0.3) is 0 Å². The molecule has 0 saturated carbocycles. The van der Waals surface area contributed by atoms with Gasteiger partial charge in [-0.1, -0.05) is 12.1 Å². The Morgan fingerprint density at radius 2 is 1.84 bits per heavy atom. The number of benzene rings is 2. The molecule has 100 valence electrons. The Labute approximate surface area is 114 Å². The Balaban J connectivity index is 2.23. The van der Waals surface area contributed by atoms with Crippen molar-refractivity contribution in [2.45, 2.75) is 24.5 Å². The van der Waals surface area contributed by atoms with Crippen molar-refractivity contribution in [3.05, 3.63) is 58.9 Å². The van der Waals surface area contributed by atoms with Crippen LogP contribution in [0.25, 0.3) is 0 Å². The van der Waals surface area contributed by atoms with E-state index in [1.165, 1.54) is 17.7 Å². The number of hydrogen-bond acceptors (Lipinski definition) is 2. The Hall–Kier alpha value is -1.68. The molecule has 1 unspecified atom stereocenters. The molecule has 2 aromatic carbocycles. The zero-order valence-electron chi connectivity index (χ0n) is 10.9. The van der Waals surface area contributed by atoms with Crippen molar-refractivity contribution in [1.82, 2.24) is 0 Å². The van der Waals surface area contributed by atoms with Gasteiger partial charge in [0.05, 0.1) is 16.6 Å². The van der Waals surface area contributed by atoms with Crippen LogP contribution in [0.2, 0.25) is 0 Å². The van der Waals surface area contributed by atoms with E-state index in [1.807, 2.05) is 32.0 Å². The molecule has 0 aliphatic rings. The summed E-state index contributed by atoms with van der Waals surface area (Å²) in [6.45, 7) is 4.00. The van der Waals surface area contributed by atoms with Crippen molar-refractivity contribution in [2.75, 3.05) is 5.73 Å². The van der Waals surface area contributed by atoms with Crippen LogP contribution >= 0.6 is 0 Å². The molecule has 2 rings (SSSR count). The summed E-state index contributed by atoms with van der Waals surface area (Å²) < 4.78 is 25.2. The Kier molecular flexibility index (Phi) is 4.00. The van der Waals surface area contributed by atoms with Crippen molar-refractivity contribution in [1.29, 1.82) is 0 Å². The van der Waals surface area contributed by atoms with Gasteiger partial charge in [-0.25, -0.2) is 4.39 Å². The first kappa shape index (κ1) is 13.7. The second-order valence-corrected chi connectivity index (χ2v) is 6.03. The lowest BCUT2D eigenvalue weighted by Crippen LogP contribution is -2.01. The first-order valence-corrected chi connectivity index (χ1v) is 7.29. The third kappa shape index (κ3) is 3.20. The Morgan fingerprint density at radius 1 is 1.11 bits per heavy atom. The molecule has 2 nitrogen and oxygen atoms in total. The highest BCUT2D eigenvalue weighted by atomic mass is 32.2. The van der Waals surface area contributed by atoms with Gasteiger partial charge in [-0.05, 0) is 54.8 Å². The van der Waals surface area contributed by atoms with Crippen LogP contribution in [0.5, 0.6) is 0 Å². The Morgan fingerprint density at radius 3 is 2.47 bits per heavy atom. The second kappa shape index (κ2) is 5.53. The lowest BCUT2D eigenvalue weighted by Gasteiger charge is -2.08. The fraction of sp³-hybridized carbons (Fsp3) is 0.200. The molecule has 4 heteroatoms. The lowest BCUT2D eigenvalue weighted by molar-refractivity contribution is 0.628. The average Bonchev–Trinajstić information content (AvgIpc) is 2.36. The van der Waals surface area contributed by atoms with Crippen LogP contribution in [-0.2, 0) is 16.6 Å². The van der Waals surface area contributed by atoms with Crippen LogP contribution in [-0.4, -0.2) is 4.21 Å². The highest BCUT2D eigenvalue weighted by molar-refractivity contribution is 7.84. The van der Waals surface area contributed by atoms with Gasteiger partial charge in [-0.2, -0.15) is 0 Å². The molecule has 0 aliphatic heterocycles. The smallest absolute Gasteiger partial charge is 0.125 e. The van der Waals surface area contributed by atoms with Gasteiger partial charge in [0.1, 0.15) is 5.82 Å². The highest BCUT2D eigenvalue weighted by Gasteiger charge is 2.09. The summed E-state index contributed by atoms with van der Waals surface area (Å²) in [7, 11) is -1.17. The molecule has 0 saturated heterocycles. The molecule has 0 spiro atoms. The maximum absolute atomic E-state index is 12.9. The highest BCUT2D eigenvalue weighted by Crippen LogP contribution is 2.20. The molecule has 0 radical (unpaired) electrons. The summed E-state index contributed by atoms with van der Waals surface area (Å²) in [5.74, 6) is -0.0764. The third-order valence-electron chi connectivity index (χ3n) is 3.14. The molecule has 0 aliphatic carbocycles. The van der Waals surface area contributed by atoms with Crippen molar-refractivity contribution >= 4 is 16.5 Å². The fourth-order valence-electron chi connectivity index (χ4n) is 1.78. The predicted octanol–water partition coefficient (Wildman–Crippen LogP) is 3.33. The van der Waals surface area contributed by atoms with Crippen LogP contribution in [0.15, 0.2) is 41.3 Å². The number of nitrogens with two attached hydrogens (primary N) is 1. The van der Waals surface area contributed by atoms with E-state index < -0.39 is 10.8 Å². The number of nitrogen functional groups attached to an aromatic ring is 1. The molecule has 0 fully saturated rings. The summed E-state index contributed by atoms with van der Waals surface area (Å²) in [6.07, 6.45) is 0. The summed E-state index contributed by atoms with van der Waals surface area (Å²) in [6, 6.07) is 9.92. The average molecular weight is 277 g/mol. The van der Waals surface area contributed by atoms with Crippen molar-refractivity contribution in [3.63, 3.8) is 0 Å². The summed E-state index contributed by atoms with van der Waals surface area (Å²) >= 11 is 0. The molecular formula is C15H16FNOS.